The van der Waals surface area contributed by atoms with E-state index in [4.69, 9.17) is 27.9 Å². The molecule has 0 bridgehead atoms. The standard InChI is InChI=1S/C28H21Cl2N5O2/c1-18-6-5-7-19-14-20(28(30)33-27(18)19)16-31-34-26(36)17-37-25-11-10-21(29)15-23(25)24-12-13-32-35(24)22-8-3-2-4-9-22/h2-16H,17H2,1H3,(H,34,36)/b31-16+. The highest BCUT2D eigenvalue weighted by Gasteiger charge is 2.15. The minimum atomic E-state index is -0.436. The number of halogens is 2. The van der Waals surface area contributed by atoms with Crippen LogP contribution in [0.2, 0.25) is 10.2 Å². The fourth-order valence-electron chi connectivity index (χ4n) is 3.89. The molecular weight excluding hydrogens is 509 g/mol. The number of hydrazone groups is 1. The van der Waals surface area contributed by atoms with Gasteiger partial charge in [0.15, 0.2) is 6.61 Å². The molecule has 3 aromatic carbocycles. The highest BCUT2D eigenvalue weighted by atomic mass is 35.5. The van der Waals surface area contributed by atoms with Gasteiger partial charge in [-0.2, -0.15) is 10.2 Å². The van der Waals surface area contributed by atoms with E-state index in [0.717, 1.165) is 27.8 Å². The van der Waals surface area contributed by atoms with Gasteiger partial charge in [-0.25, -0.2) is 15.1 Å². The summed E-state index contributed by atoms with van der Waals surface area (Å²) in [6, 6.07) is 24.5. The summed E-state index contributed by atoms with van der Waals surface area (Å²) in [5.41, 5.74) is 7.28. The molecule has 0 aliphatic rings. The smallest absolute Gasteiger partial charge is 0.277 e. The van der Waals surface area contributed by atoms with Gasteiger partial charge in [0.25, 0.3) is 5.91 Å². The number of rotatable bonds is 7. The Bertz CT molecular complexity index is 1620. The number of para-hydroxylation sites is 2. The number of ether oxygens (including phenoxy) is 1. The van der Waals surface area contributed by atoms with Gasteiger partial charge in [0.2, 0.25) is 0 Å². The molecule has 0 spiro atoms. The number of carbonyl (C=O) groups is 1. The van der Waals surface area contributed by atoms with Gasteiger partial charge in [-0.05, 0) is 55.0 Å². The zero-order valence-corrected chi connectivity index (χ0v) is 21.2. The zero-order chi connectivity index (χ0) is 25.8. The molecule has 0 radical (unpaired) electrons. The van der Waals surface area contributed by atoms with Crippen molar-refractivity contribution in [2.24, 2.45) is 5.10 Å². The number of hydrogen-bond acceptors (Lipinski definition) is 5. The van der Waals surface area contributed by atoms with Crippen molar-refractivity contribution in [1.82, 2.24) is 20.2 Å². The highest BCUT2D eigenvalue weighted by Crippen LogP contribution is 2.33. The first-order chi connectivity index (χ1) is 18.0. The fourth-order valence-corrected chi connectivity index (χ4v) is 4.25. The van der Waals surface area contributed by atoms with Crippen LogP contribution in [0, 0.1) is 6.92 Å². The van der Waals surface area contributed by atoms with Crippen molar-refractivity contribution in [3.8, 4) is 22.7 Å². The number of carbonyl (C=O) groups excluding carboxylic acids is 1. The Labute approximate surface area is 223 Å². The molecular formula is C28H21Cl2N5O2. The minimum Gasteiger partial charge on any atom is -0.483 e. The van der Waals surface area contributed by atoms with Crippen molar-refractivity contribution < 1.29 is 9.53 Å². The van der Waals surface area contributed by atoms with Gasteiger partial charge < -0.3 is 4.74 Å². The Kier molecular flexibility index (Phi) is 7.16. The number of aromatic nitrogens is 3. The second kappa shape index (κ2) is 10.8. The number of nitrogens with one attached hydrogen (secondary N) is 1. The molecule has 5 aromatic rings. The molecule has 0 fully saturated rings. The molecule has 0 saturated heterocycles. The molecule has 184 valence electrons. The third-order valence-corrected chi connectivity index (χ3v) is 6.18. The van der Waals surface area contributed by atoms with E-state index in [9.17, 15) is 4.79 Å². The van der Waals surface area contributed by atoms with Crippen molar-refractivity contribution in [1.29, 1.82) is 0 Å². The number of nitrogens with zero attached hydrogens (tertiary/aromatic N) is 4. The van der Waals surface area contributed by atoms with Gasteiger partial charge >= 0.3 is 0 Å². The molecule has 0 saturated carbocycles. The van der Waals surface area contributed by atoms with E-state index in [0.29, 0.717) is 27.1 Å². The summed E-state index contributed by atoms with van der Waals surface area (Å²) in [6.07, 6.45) is 3.16. The average molecular weight is 530 g/mol. The predicted octanol–water partition coefficient (Wildman–Crippen LogP) is 6.23. The van der Waals surface area contributed by atoms with E-state index in [1.807, 2.05) is 67.6 Å². The second-order valence-electron chi connectivity index (χ2n) is 8.20. The van der Waals surface area contributed by atoms with Crippen LogP contribution in [0.5, 0.6) is 5.75 Å². The molecule has 0 aliphatic heterocycles. The molecule has 0 aliphatic carbocycles. The third kappa shape index (κ3) is 5.48. The van der Waals surface area contributed by atoms with E-state index >= 15 is 0 Å². The maximum absolute atomic E-state index is 12.5. The first-order valence-corrected chi connectivity index (χ1v) is 12.1. The maximum atomic E-state index is 12.5. The Balaban J connectivity index is 1.29. The van der Waals surface area contributed by atoms with Crippen LogP contribution in [0.4, 0.5) is 0 Å². The second-order valence-corrected chi connectivity index (χ2v) is 9.00. The lowest BCUT2D eigenvalue weighted by molar-refractivity contribution is -0.123. The van der Waals surface area contributed by atoms with E-state index in [2.05, 4.69) is 20.6 Å². The Hall–Kier alpha value is -4.20. The van der Waals surface area contributed by atoms with E-state index < -0.39 is 5.91 Å². The van der Waals surface area contributed by atoms with Crippen LogP contribution in [0.15, 0.2) is 90.2 Å². The van der Waals surface area contributed by atoms with Crippen LogP contribution in [-0.2, 0) is 4.79 Å². The number of fused-ring (bicyclic) bond motifs is 1. The van der Waals surface area contributed by atoms with Gasteiger partial charge in [-0.3, -0.25) is 4.79 Å². The van der Waals surface area contributed by atoms with E-state index in [1.165, 1.54) is 6.21 Å². The summed E-state index contributed by atoms with van der Waals surface area (Å²) in [6.45, 7) is 1.72. The first kappa shape index (κ1) is 24.5. The Morgan fingerprint density at radius 3 is 2.73 bits per heavy atom. The van der Waals surface area contributed by atoms with Gasteiger partial charge in [0.1, 0.15) is 10.9 Å². The normalized spacial score (nSPS) is 11.2. The Morgan fingerprint density at radius 2 is 1.89 bits per heavy atom. The van der Waals surface area contributed by atoms with Crippen molar-refractivity contribution in [2.75, 3.05) is 6.61 Å². The summed E-state index contributed by atoms with van der Waals surface area (Å²) in [4.78, 5) is 16.9. The number of pyridine rings is 1. The summed E-state index contributed by atoms with van der Waals surface area (Å²) >= 11 is 12.6. The van der Waals surface area contributed by atoms with Crippen molar-refractivity contribution >= 4 is 46.2 Å². The SMILES string of the molecule is Cc1cccc2cc(/C=N/NC(=O)COc3ccc(Cl)cc3-c3ccnn3-c3ccccc3)c(Cl)nc12. The van der Waals surface area contributed by atoms with Gasteiger partial charge in [-0.15, -0.1) is 0 Å². The lowest BCUT2D eigenvalue weighted by Crippen LogP contribution is -2.24. The van der Waals surface area contributed by atoms with Crippen LogP contribution in [0.1, 0.15) is 11.1 Å². The molecule has 37 heavy (non-hydrogen) atoms. The van der Waals surface area contributed by atoms with Gasteiger partial charge in [0.05, 0.1) is 29.3 Å². The summed E-state index contributed by atoms with van der Waals surface area (Å²) in [5, 5.41) is 10.2. The highest BCUT2D eigenvalue weighted by molar-refractivity contribution is 6.32. The van der Waals surface area contributed by atoms with Crippen LogP contribution in [0.3, 0.4) is 0 Å². The molecule has 7 nitrogen and oxygen atoms in total. The fraction of sp³-hybridized carbons (Fsp3) is 0.0714. The lowest BCUT2D eigenvalue weighted by Gasteiger charge is -2.13. The van der Waals surface area contributed by atoms with Gasteiger partial charge in [-0.1, -0.05) is 59.6 Å². The molecule has 5 rings (SSSR count). The van der Waals surface area contributed by atoms with Crippen molar-refractivity contribution in [3.05, 3.63) is 106 Å². The number of hydrogen-bond donors (Lipinski definition) is 1. The number of benzene rings is 3. The van der Waals surface area contributed by atoms with Crippen LogP contribution in [-0.4, -0.2) is 33.5 Å². The van der Waals surface area contributed by atoms with Crippen molar-refractivity contribution in [3.63, 3.8) is 0 Å². The quantitative estimate of drug-likeness (QED) is 0.154. The Morgan fingerprint density at radius 1 is 1.05 bits per heavy atom. The molecule has 1 amide bonds. The third-order valence-electron chi connectivity index (χ3n) is 5.64. The summed E-state index contributed by atoms with van der Waals surface area (Å²) < 4.78 is 7.63. The zero-order valence-electron chi connectivity index (χ0n) is 19.7. The molecule has 2 aromatic heterocycles. The topological polar surface area (TPSA) is 81.4 Å². The lowest BCUT2D eigenvalue weighted by atomic mass is 10.1. The molecule has 2 heterocycles. The van der Waals surface area contributed by atoms with E-state index in [-0.39, 0.29) is 6.61 Å². The number of amides is 1. The predicted molar refractivity (Wildman–Crippen MR) is 147 cm³/mol. The van der Waals surface area contributed by atoms with Crippen LogP contribution < -0.4 is 10.2 Å². The van der Waals surface area contributed by atoms with Gasteiger partial charge in [0, 0.05) is 21.5 Å². The summed E-state index contributed by atoms with van der Waals surface area (Å²) in [7, 11) is 0. The average Bonchev–Trinajstić information content (AvgIpc) is 3.39. The van der Waals surface area contributed by atoms with Crippen LogP contribution in [0.25, 0.3) is 27.8 Å². The largest absolute Gasteiger partial charge is 0.483 e. The first-order valence-electron chi connectivity index (χ1n) is 11.4. The molecule has 0 unspecified atom stereocenters. The molecule has 0 atom stereocenters. The molecule has 1 N–H and O–H groups in total. The van der Waals surface area contributed by atoms with Crippen LogP contribution >= 0.6 is 23.2 Å². The molecule has 9 heteroatoms. The number of aryl methyl sites for hydroxylation is 1. The van der Waals surface area contributed by atoms with Crippen molar-refractivity contribution in [2.45, 2.75) is 6.92 Å². The maximum Gasteiger partial charge on any atom is 0.277 e. The monoisotopic (exact) mass is 529 g/mol. The minimum absolute atomic E-state index is 0.256. The van der Waals surface area contributed by atoms with E-state index in [1.54, 1.807) is 29.1 Å². The summed E-state index contributed by atoms with van der Waals surface area (Å²) in [5.74, 6) is 0.0489.